The van der Waals surface area contributed by atoms with Crippen molar-refractivity contribution in [1.29, 1.82) is 0 Å². The van der Waals surface area contributed by atoms with Gasteiger partial charge in [0.05, 0.1) is 13.5 Å². The van der Waals surface area contributed by atoms with Gasteiger partial charge in [0.2, 0.25) is 0 Å². The van der Waals surface area contributed by atoms with E-state index in [-0.39, 0.29) is 31.6 Å². The number of aromatic nitrogens is 1. The second-order valence-corrected chi connectivity index (χ2v) is 5.02. The Bertz CT molecular complexity index is 709. The monoisotopic (exact) mass is 304 g/mol. The molecule has 2 N–H and O–H groups in total. The van der Waals surface area contributed by atoms with Crippen molar-refractivity contribution < 1.29 is 23.8 Å². The van der Waals surface area contributed by atoms with E-state index in [1.54, 1.807) is 13.3 Å². The minimum absolute atomic E-state index is 0.107. The van der Waals surface area contributed by atoms with Crippen LogP contribution in [-0.2, 0) is 20.7 Å². The van der Waals surface area contributed by atoms with Crippen molar-refractivity contribution in [2.24, 2.45) is 0 Å². The van der Waals surface area contributed by atoms with Gasteiger partial charge in [-0.05, 0) is 23.8 Å². The maximum atomic E-state index is 11.9. The van der Waals surface area contributed by atoms with Crippen molar-refractivity contribution in [2.75, 3.05) is 20.3 Å². The number of alkyl carbamates (subject to hydrolysis) is 1. The molecule has 1 aromatic heterocycles. The van der Waals surface area contributed by atoms with Gasteiger partial charge in [-0.1, -0.05) is 0 Å². The number of amides is 1. The van der Waals surface area contributed by atoms with Gasteiger partial charge in [-0.3, -0.25) is 4.79 Å². The molecule has 1 saturated heterocycles. The van der Waals surface area contributed by atoms with Gasteiger partial charge in [0.25, 0.3) is 0 Å². The van der Waals surface area contributed by atoms with Crippen molar-refractivity contribution in [3.05, 3.63) is 30.0 Å². The smallest absolute Gasteiger partial charge is 0.407 e. The number of hydrogen-bond acceptors (Lipinski definition) is 5. The summed E-state index contributed by atoms with van der Waals surface area (Å²) < 4.78 is 15.1. The molecule has 2 heterocycles. The van der Waals surface area contributed by atoms with Gasteiger partial charge in [0, 0.05) is 17.1 Å². The van der Waals surface area contributed by atoms with Crippen LogP contribution in [0, 0.1) is 0 Å². The molecule has 0 bridgehead atoms. The zero-order valence-electron chi connectivity index (χ0n) is 12.0. The predicted octanol–water partition coefficient (Wildman–Crippen LogP) is 1.37. The molecule has 1 aliphatic heterocycles. The summed E-state index contributed by atoms with van der Waals surface area (Å²) in [7, 11) is 1.60. The Hall–Kier alpha value is -2.70. The van der Waals surface area contributed by atoms with E-state index < -0.39 is 6.09 Å². The number of hydrogen-bond donors (Lipinski definition) is 2. The largest absolute Gasteiger partial charge is 0.497 e. The van der Waals surface area contributed by atoms with Crippen molar-refractivity contribution in [1.82, 2.24) is 10.3 Å². The van der Waals surface area contributed by atoms with Gasteiger partial charge in [-0.15, -0.1) is 0 Å². The van der Waals surface area contributed by atoms with E-state index >= 15 is 0 Å². The number of benzene rings is 1. The summed E-state index contributed by atoms with van der Waals surface area (Å²) in [5.74, 6) is 0.373. The van der Waals surface area contributed by atoms with Crippen LogP contribution < -0.4 is 10.1 Å². The van der Waals surface area contributed by atoms with Crippen molar-refractivity contribution in [2.45, 2.75) is 12.5 Å². The highest BCUT2D eigenvalue weighted by Gasteiger charge is 2.23. The van der Waals surface area contributed by atoms with Crippen molar-refractivity contribution in [3.8, 4) is 5.75 Å². The van der Waals surface area contributed by atoms with Gasteiger partial charge >= 0.3 is 12.1 Å². The van der Waals surface area contributed by atoms with E-state index in [4.69, 9.17) is 14.2 Å². The zero-order valence-corrected chi connectivity index (χ0v) is 12.0. The highest BCUT2D eigenvalue weighted by Crippen LogP contribution is 2.24. The molecular weight excluding hydrogens is 288 g/mol. The number of esters is 1. The molecule has 1 aromatic carbocycles. The highest BCUT2D eigenvalue weighted by molar-refractivity contribution is 5.88. The molecule has 1 unspecified atom stereocenters. The summed E-state index contributed by atoms with van der Waals surface area (Å²) in [6.45, 7) is 0.326. The number of H-pyrrole nitrogens is 1. The van der Waals surface area contributed by atoms with Crippen LogP contribution in [0.2, 0.25) is 0 Å². The molecule has 2 aromatic rings. The second-order valence-electron chi connectivity index (χ2n) is 5.02. The van der Waals surface area contributed by atoms with E-state index in [1.807, 2.05) is 18.2 Å². The van der Waals surface area contributed by atoms with E-state index in [0.29, 0.717) is 0 Å². The normalized spacial score (nSPS) is 17.1. The Morgan fingerprint density at radius 3 is 3.05 bits per heavy atom. The Kier molecular flexibility index (Phi) is 3.86. The number of methoxy groups -OCH3 is 1. The lowest BCUT2D eigenvalue weighted by molar-refractivity contribution is -0.143. The lowest BCUT2D eigenvalue weighted by Crippen LogP contribution is -2.32. The van der Waals surface area contributed by atoms with E-state index in [9.17, 15) is 9.59 Å². The van der Waals surface area contributed by atoms with Gasteiger partial charge in [0.15, 0.2) is 0 Å². The summed E-state index contributed by atoms with van der Waals surface area (Å²) in [6.07, 6.45) is 1.45. The fraction of sp³-hybridized carbons (Fsp3) is 0.333. The lowest BCUT2D eigenvalue weighted by Gasteiger charge is -2.08. The van der Waals surface area contributed by atoms with Crippen LogP contribution in [0.3, 0.4) is 0 Å². The number of nitrogens with one attached hydrogen (secondary N) is 2. The molecule has 3 rings (SSSR count). The number of fused-ring (bicyclic) bond motifs is 1. The molecule has 0 radical (unpaired) electrons. The molecule has 0 aliphatic carbocycles. The van der Waals surface area contributed by atoms with Crippen LogP contribution in [0.25, 0.3) is 10.9 Å². The van der Waals surface area contributed by atoms with Crippen molar-refractivity contribution in [3.63, 3.8) is 0 Å². The zero-order chi connectivity index (χ0) is 15.5. The van der Waals surface area contributed by atoms with Crippen LogP contribution in [-0.4, -0.2) is 43.4 Å². The van der Waals surface area contributed by atoms with Crippen LogP contribution in [0.15, 0.2) is 24.4 Å². The van der Waals surface area contributed by atoms with E-state index in [1.165, 1.54) is 0 Å². The number of rotatable bonds is 5. The van der Waals surface area contributed by atoms with Gasteiger partial charge < -0.3 is 24.5 Å². The highest BCUT2D eigenvalue weighted by atomic mass is 16.6. The third-order valence-electron chi connectivity index (χ3n) is 3.49. The summed E-state index contributed by atoms with van der Waals surface area (Å²) in [5.41, 5.74) is 1.77. The molecule has 22 heavy (non-hydrogen) atoms. The van der Waals surface area contributed by atoms with Crippen LogP contribution >= 0.6 is 0 Å². The first-order chi connectivity index (χ1) is 10.7. The summed E-state index contributed by atoms with van der Waals surface area (Å²) in [4.78, 5) is 25.9. The molecule has 1 fully saturated rings. The molecule has 1 aliphatic rings. The first-order valence-electron chi connectivity index (χ1n) is 6.88. The standard InChI is InChI=1S/C15H16N2O5/c1-20-11-2-3-13-12(5-11)9(6-16-13)4-14(18)21-7-10-8-22-15(19)17-10/h2-3,5-6,10,16H,4,7-8H2,1H3,(H,17,19). The predicted molar refractivity (Wildman–Crippen MR) is 77.8 cm³/mol. The maximum absolute atomic E-state index is 11.9. The first-order valence-corrected chi connectivity index (χ1v) is 6.88. The molecule has 7 nitrogen and oxygen atoms in total. The van der Waals surface area contributed by atoms with Gasteiger partial charge in [-0.2, -0.15) is 0 Å². The number of carbonyl (C=O) groups excluding carboxylic acids is 2. The fourth-order valence-corrected chi connectivity index (χ4v) is 2.35. The second kappa shape index (κ2) is 5.97. The van der Waals surface area contributed by atoms with Crippen molar-refractivity contribution >= 4 is 23.0 Å². The summed E-state index contributed by atoms with van der Waals surface area (Å²) in [6, 6.07) is 5.34. The average molecular weight is 304 g/mol. The topological polar surface area (TPSA) is 89.7 Å². The fourth-order valence-electron chi connectivity index (χ4n) is 2.35. The summed E-state index contributed by atoms with van der Waals surface area (Å²) in [5, 5.41) is 3.48. The maximum Gasteiger partial charge on any atom is 0.407 e. The SMILES string of the molecule is COc1ccc2[nH]cc(CC(=O)OCC3COC(=O)N3)c2c1. The molecule has 0 spiro atoms. The van der Waals surface area contributed by atoms with Gasteiger partial charge in [0.1, 0.15) is 25.0 Å². The molecule has 0 saturated carbocycles. The van der Waals surface area contributed by atoms with E-state index in [0.717, 1.165) is 22.2 Å². The molecule has 116 valence electrons. The molecular formula is C15H16N2O5. The first kappa shape index (κ1) is 14.2. The quantitative estimate of drug-likeness (QED) is 0.814. The third kappa shape index (κ3) is 2.98. The minimum atomic E-state index is -0.482. The van der Waals surface area contributed by atoms with Crippen LogP contribution in [0.5, 0.6) is 5.75 Å². The Labute approximate surface area is 126 Å². The third-order valence-corrected chi connectivity index (χ3v) is 3.49. The Morgan fingerprint density at radius 2 is 2.32 bits per heavy atom. The number of cyclic esters (lactones) is 1. The number of carbonyl (C=O) groups is 2. The average Bonchev–Trinajstić information content (AvgIpc) is 3.11. The Morgan fingerprint density at radius 1 is 1.45 bits per heavy atom. The molecule has 1 atom stereocenters. The van der Waals surface area contributed by atoms with E-state index in [2.05, 4.69) is 10.3 Å². The number of ether oxygens (including phenoxy) is 3. The van der Waals surface area contributed by atoms with Crippen LogP contribution in [0.4, 0.5) is 4.79 Å². The number of aromatic amines is 1. The van der Waals surface area contributed by atoms with Crippen LogP contribution in [0.1, 0.15) is 5.56 Å². The summed E-state index contributed by atoms with van der Waals surface area (Å²) >= 11 is 0. The minimum Gasteiger partial charge on any atom is -0.497 e. The van der Waals surface area contributed by atoms with Gasteiger partial charge in [-0.25, -0.2) is 4.79 Å². The lowest BCUT2D eigenvalue weighted by atomic mass is 10.1. The molecule has 7 heteroatoms. The molecule has 1 amide bonds. The Balaban J connectivity index is 1.62.